The van der Waals surface area contributed by atoms with Gasteiger partial charge in [-0.1, -0.05) is 0 Å². The lowest BCUT2D eigenvalue weighted by molar-refractivity contribution is -0.145. The van der Waals surface area contributed by atoms with Crippen LogP contribution in [0.5, 0.6) is 0 Å². The maximum Gasteiger partial charge on any atom is 0.519 e. The second-order valence-corrected chi connectivity index (χ2v) is 6.92. The van der Waals surface area contributed by atoms with Crippen molar-refractivity contribution in [2.24, 2.45) is 0 Å². The Labute approximate surface area is 142 Å². The van der Waals surface area contributed by atoms with Gasteiger partial charge in [0.1, 0.15) is 6.04 Å². The van der Waals surface area contributed by atoms with Gasteiger partial charge in [0.05, 0.1) is 11.9 Å². The smallest absolute Gasteiger partial charge is 0.467 e. The number of amides is 1. The van der Waals surface area contributed by atoms with Crippen LogP contribution >= 0.6 is 11.8 Å². The predicted octanol–water partition coefficient (Wildman–Crippen LogP) is 1.37. The van der Waals surface area contributed by atoms with Gasteiger partial charge in [0.15, 0.2) is 18.1 Å². The molecule has 0 aliphatic rings. The molecule has 24 heavy (non-hydrogen) atoms. The molecule has 1 aromatic rings. The average molecular weight is 361 g/mol. The largest absolute Gasteiger partial charge is 0.519 e. The van der Waals surface area contributed by atoms with Gasteiger partial charge >= 0.3 is 17.1 Å². The topological polar surface area (TPSA) is 125 Å². The van der Waals surface area contributed by atoms with E-state index in [4.69, 9.17) is 9.15 Å². The van der Waals surface area contributed by atoms with Crippen LogP contribution in [0.4, 0.5) is 4.79 Å². The summed E-state index contributed by atoms with van der Waals surface area (Å²) in [5.41, 5.74) is 0. The summed E-state index contributed by atoms with van der Waals surface area (Å²) >= 11 is 0.700. The highest BCUT2D eigenvalue weighted by Crippen LogP contribution is 2.31. The van der Waals surface area contributed by atoms with Crippen LogP contribution in [0.2, 0.25) is 0 Å². The summed E-state index contributed by atoms with van der Waals surface area (Å²) in [5, 5.41) is 1.73. The van der Waals surface area contributed by atoms with Crippen molar-refractivity contribution in [3.63, 3.8) is 0 Å². The lowest BCUT2D eigenvalue weighted by atomic mass is 10.0. The number of aryl methyl sites for hydroxylation is 1. The molecule has 1 N–H and O–H groups in total. The van der Waals surface area contributed by atoms with Crippen LogP contribution in [0.15, 0.2) is 13.6 Å². The van der Waals surface area contributed by atoms with Gasteiger partial charge in [0.2, 0.25) is 5.91 Å². The van der Waals surface area contributed by atoms with Crippen molar-refractivity contribution in [2.45, 2.75) is 45.1 Å². The van der Waals surface area contributed by atoms with E-state index in [9.17, 15) is 19.2 Å². The van der Waals surface area contributed by atoms with Gasteiger partial charge in [-0.25, -0.2) is 14.4 Å². The van der Waals surface area contributed by atoms with Crippen molar-refractivity contribution in [3.8, 4) is 0 Å². The first kappa shape index (κ1) is 19.8. The van der Waals surface area contributed by atoms with Crippen LogP contribution in [-0.4, -0.2) is 35.1 Å². The molecule has 0 aromatic carbocycles. The zero-order chi connectivity index (χ0) is 18.5. The van der Waals surface area contributed by atoms with Crippen molar-refractivity contribution in [1.29, 1.82) is 0 Å². The van der Waals surface area contributed by atoms with Gasteiger partial charge in [-0.05, 0) is 32.5 Å². The molecule has 1 rings (SSSR count). The van der Waals surface area contributed by atoms with Gasteiger partial charge in [-0.2, -0.15) is 0 Å². The van der Waals surface area contributed by atoms with Crippen LogP contribution in [0, 0.1) is 6.92 Å². The molecular weight excluding hydrogens is 342 g/mol. The minimum absolute atomic E-state index is 0.0955. The second-order valence-electron chi connectivity index (χ2n) is 5.33. The first-order valence-electron chi connectivity index (χ1n) is 6.87. The zero-order valence-electron chi connectivity index (χ0n) is 14.0. The second kappa shape index (κ2) is 8.04. The predicted molar refractivity (Wildman–Crippen MR) is 83.5 cm³/mol. The number of esters is 1. The minimum Gasteiger partial charge on any atom is -0.467 e. The Kier molecular flexibility index (Phi) is 6.64. The van der Waals surface area contributed by atoms with E-state index in [1.54, 1.807) is 13.8 Å². The highest BCUT2D eigenvalue weighted by Gasteiger charge is 2.40. The highest BCUT2D eigenvalue weighted by atomic mass is 32.2. The van der Waals surface area contributed by atoms with Crippen LogP contribution in [0.25, 0.3) is 0 Å². The number of hydrogen-bond acceptors (Lipinski definition) is 9. The number of ether oxygens (including phenoxy) is 2. The SMILES string of the molecule is COC(=O)[C@H](NC(C)=O)C(C)(C)SC(=O)OCc1oc(=O)oc1C. The maximum absolute atomic E-state index is 12.0. The minimum atomic E-state index is -1.05. The number of nitrogens with one attached hydrogen (secondary N) is 1. The maximum atomic E-state index is 12.0. The molecule has 0 radical (unpaired) electrons. The lowest BCUT2D eigenvalue weighted by Crippen LogP contribution is -2.52. The molecule has 1 atom stereocenters. The Balaban J connectivity index is 2.73. The monoisotopic (exact) mass is 361 g/mol. The molecule has 9 nitrogen and oxygen atoms in total. The number of carbonyl (C=O) groups is 3. The fourth-order valence-corrected chi connectivity index (χ4v) is 2.59. The lowest BCUT2D eigenvalue weighted by Gasteiger charge is -2.30. The van der Waals surface area contributed by atoms with Crippen molar-refractivity contribution in [3.05, 3.63) is 22.1 Å². The Morgan fingerprint density at radius 3 is 2.38 bits per heavy atom. The van der Waals surface area contributed by atoms with Gasteiger partial charge in [0, 0.05) is 6.92 Å². The number of hydrogen-bond donors (Lipinski definition) is 1. The first-order valence-corrected chi connectivity index (χ1v) is 7.68. The molecular formula is C14H19NO8S. The van der Waals surface area contributed by atoms with Crippen molar-refractivity contribution in [2.75, 3.05) is 7.11 Å². The number of rotatable bonds is 6. The van der Waals surface area contributed by atoms with E-state index >= 15 is 0 Å². The van der Waals surface area contributed by atoms with Crippen molar-refractivity contribution >= 4 is 28.9 Å². The van der Waals surface area contributed by atoms with E-state index in [1.165, 1.54) is 21.0 Å². The Hall–Kier alpha value is -2.23. The number of carbonyl (C=O) groups excluding carboxylic acids is 3. The van der Waals surface area contributed by atoms with Crippen molar-refractivity contribution < 1.29 is 32.7 Å². The molecule has 0 saturated carbocycles. The van der Waals surface area contributed by atoms with Gasteiger partial charge in [-0.15, -0.1) is 0 Å². The molecule has 0 bridgehead atoms. The number of methoxy groups -OCH3 is 1. The third kappa shape index (κ3) is 5.44. The summed E-state index contributed by atoms with van der Waals surface area (Å²) in [6, 6.07) is -1.05. The van der Waals surface area contributed by atoms with Crippen LogP contribution in [0.1, 0.15) is 32.3 Å². The average Bonchev–Trinajstić information content (AvgIpc) is 2.79. The van der Waals surface area contributed by atoms with E-state index in [2.05, 4.69) is 14.5 Å². The summed E-state index contributed by atoms with van der Waals surface area (Å²) < 4.78 is 18.0. The van der Waals surface area contributed by atoms with Crippen molar-refractivity contribution in [1.82, 2.24) is 5.32 Å². The van der Waals surface area contributed by atoms with E-state index in [-0.39, 0.29) is 18.1 Å². The van der Waals surface area contributed by atoms with E-state index < -0.39 is 33.8 Å². The zero-order valence-corrected chi connectivity index (χ0v) is 14.8. The molecule has 1 aromatic heterocycles. The molecule has 0 aliphatic heterocycles. The molecule has 0 unspecified atom stereocenters. The summed E-state index contributed by atoms with van der Waals surface area (Å²) in [5.74, 6) is -1.71. The quantitative estimate of drug-likeness (QED) is 0.748. The molecule has 134 valence electrons. The summed E-state index contributed by atoms with van der Waals surface area (Å²) in [6.45, 7) is 5.62. The fraction of sp³-hybridized carbons (Fsp3) is 0.571. The Morgan fingerprint density at radius 1 is 1.29 bits per heavy atom. The van der Waals surface area contributed by atoms with Crippen LogP contribution < -0.4 is 11.1 Å². The number of thioether (sulfide) groups is 1. The summed E-state index contributed by atoms with van der Waals surface area (Å²) in [6.07, 6.45) is 0. The fourth-order valence-electron chi connectivity index (χ4n) is 1.77. The molecule has 10 heteroatoms. The summed E-state index contributed by atoms with van der Waals surface area (Å²) in [7, 11) is 1.18. The standard InChI is InChI=1S/C14H19NO8S/c1-7-9(23-12(18)22-7)6-21-13(19)24-14(3,4)10(11(17)20-5)15-8(2)16/h10H,6H2,1-5H3,(H,15,16)/t10-/m0/s1. The van der Waals surface area contributed by atoms with E-state index in [0.29, 0.717) is 11.8 Å². The third-order valence-electron chi connectivity index (χ3n) is 2.98. The van der Waals surface area contributed by atoms with E-state index in [1.807, 2.05) is 0 Å². The Morgan fingerprint density at radius 2 is 1.92 bits per heavy atom. The van der Waals surface area contributed by atoms with Gasteiger partial charge in [-0.3, -0.25) is 4.79 Å². The van der Waals surface area contributed by atoms with E-state index in [0.717, 1.165) is 0 Å². The third-order valence-corrected chi connectivity index (χ3v) is 4.03. The first-order chi connectivity index (χ1) is 11.1. The molecule has 0 fully saturated rings. The molecule has 0 spiro atoms. The van der Waals surface area contributed by atoms with Gasteiger partial charge in [0.25, 0.3) is 0 Å². The normalized spacial score (nSPS) is 12.4. The van der Waals surface area contributed by atoms with Crippen LogP contribution in [-0.2, 0) is 25.7 Å². The summed E-state index contributed by atoms with van der Waals surface area (Å²) in [4.78, 5) is 46.0. The van der Waals surface area contributed by atoms with Crippen LogP contribution in [0.3, 0.4) is 0 Å². The highest BCUT2D eigenvalue weighted by molar-refractivity contribution is 8.14. The molecule has 0 saturated heterocycles. The molecule has 1 heterocycles. The van der Waals surface area contributed by atoms with Gasteiger partial charge < -0.3 is 23.6 Å². The molecule has 1 amide bonds. The molecule has 0 aliphatic carbocycles. The Bertz CT molecular complexity index is 675.